The van der Waals surface area contributed by atoms with Crippen LogP contribution in [0.1, 0.15) is 32.3 Å². The number of benzene rings is 1. The molecule has 2 rings (SSSR count). The molecule has 1 aromatic carbocycles. The minimum absolute atomic E-state index is 0.00184. The SMILES string of the molecule is CC(C)OC1CC(Sc2ccc(Br)cc2C(F)(F)F)CC1C#N. The topological polar surface area (TPSA) is 33.0 Å². The Morgan fingerprint density at radius 3 is 2.61 bits per heavy atom. The molecule has 3 unspecified atom stereocenters. The summed E-state index contributed by atoms with van der Waals surface area (Å²) < 4.78 is 45.7. The lowest BCUT2D eigenvalue weighted by Gasteiger charge is -2.18. The lowest BCUT2D eigenvalue weighted by Crippen LogP contribution is -2.21. The van der Waals surface area contributed by atoms with E-state index in [4.69, 9.17) is 4.74 Å². The van der Waals surface area contributed by atoms with Gasteiger partial charge in [-0.15, -0.1) is 11.8 Å². The average Bonchev–Trinajstić information content (AvgIpc) is 2.80. The normalized spacial score (nSPS) is 24.9. The molecule has 0 heterocycles. The molecule has 7 heteroatoms. The summed E-state index contributed by atoms with van der Waals surface area (Å²) >= 11 is 4.28. The number of nitrogens with zero attached hydrogens (tertiary/aromatic N) is 1. The smallest absolute Gasteiger partial charge is 0.374 e. The average molecular weight is 408 g/mol. The van der Waals surface area contributed by atoms with E-state index in [-0.39, 0.29) is 28.3 Å². The molecule has 1 aliphatic carbocycles. The molecule has 3 atom stereocenters. The maximum atomic E-state index is 13.2. The Kier molecular flexibility index (Phi) is 6.04. The van der Waals surface area contributed by atoms with Crippen LogP contribution >= 0.6 is 27.7 Å². The molecule has 0 N–H and O–H groups in total. The summed E-state index contributed by atoms with van der Waals surface area (Å²) in [4.78, 5) is 0.201. The second-order valence-electron chi connectivity index (χ2n) is 5.81. The van der Waals surface area contributed by atoms with Crippen molar-refractivity contribution in [1.82, 2.24) is 0 Å². The van der Waals surface area contributed by atoms with E-state index in [1.807, 2.05) is 13.8 Å². The zero-order chi connectivity index (χ0) is 17.2. The van der Waals surface area contributed by atoms with Gasteiger partial charge in [-0.3, -0.25) is 0 Å². The number of halogens is 4. The van der Waals surface area contributed by atoms with Crippen LogP contribution in [0.25, 0.3) is 0 Å². The second-order valence-corrected chi connectivity index (χ2v) is 8.07. The Bertz CT molecular complexity index is 600. The molecular weight excluding hydrogens is 391 g/mol. The molecule has 0 amide bonds. The maximum absolute atomic E-state index is 13.2. The highest BCUT2D eigenvalue weighted by Crippen LogP contribution is 2.44. The van der Waals surface area contributed by atoms with Gasteiger partial charge in [0.2, 0.25) is 0 Å². The van der Waals surface area contributed by atoms with E-state index in [0.717, 1.165) is 6.07 Å². The number of hydrogen-bond acceptors (Lipinski definition) is 3. The van der Waals surface area contributed by atoms with Crippen LogP contribution in [0.5, 0.6) is 0 Å². The number of alkyl halides is 3. The van der Waals surface area contributed by atoms with E-state index in [9.17, 15) is 18.4 Å². The number of hydrogen-bond donors (Lipinski definition) is 0. The van der Waals surface area contributed by atoms with Gasteiger partial charge in [-0.05, 0) is 44.9 Å². The fourth-order valence-corrected chi connectivity index (χ4v) is 4.45. The standard InChI is InChI=1S/C16H17BrF3NOS/c1-9(2)22-14-7-12(5-10(14)8-21)23-15-4-3-11(17)6-13(15)16(18,19)20/h3-4,6,9-10,12,14H,5,7H2,1-2H3. The van der Waals surface area contributed by atoms with Crippen LogP contribution in [0, 0.1) is 17.2 Å². The number of ether oxygens (including phenoxy) is 1. The molecule has 0 aromatic heterocycles. The molecule has 1 aromatic rings. The van der Waals surface area contributed by atoms with Gasteiger partial charge < -0.3 is 4.74 Å². The van der Waals surface area contributed by atoms with Gasteiger partial charge in [-0.1, -0.05) is 15.9 Å². The third-order valence-electron chi connectivity index (χ3n) is 3.61. The van der Waals surface area contributed by atoms with Crippen LogP contribution in [-0.2, 0) is 10.9 Å². The first kappa shape index (κ1) is 18.6. The molecule has 0 saturated heterocycles. The van der Waals surface area contributed by atoms with Crippen molar-refractivity contribution >= 4 is 27.7 Å². The van der Waals surface area contributed by atoms with Crippen LogP contribution in [0.3, 0.4) is 0 Å². The van der Waals surface area contributed by atoms with Crippen LogP contribution < -0.4 is 0 Å². The summed E-state index contributed by atoms with van der Waals surface area (Å²) in [5.41, 5.74) is -0.640. The van der Waals surface area contributed by atoms with E-state index in [1.54, 1.807) is 6.07 Å². The van der Waals surface area contributed by atoms with Gasteiger partial charge in [0, 0.05) is 14.6 Å². The summed E-state index contributed by atoms with van der Waals surface area (Å²) in [6.07, 6.45) is -3.46. The summed E-state index contributed by atoms with van der Waals surface area (Å²) in [6, 6.07) is 6.41. The Morgan fingerprint density at radius 2 is 2.04 bits per heavy atom. The Morgan fingerprint density at radius 1 is 1.35 bits per heavy atom. The predicted octanol–water partition coefficient (Wildman–Crippen LogP) is 5.66. The molecule has 0 aliphatic heterocycles. The van der Waals surface area contributed by atoms with Gasteiger partial charge in [-0.25, -0.2) is 0 Å². The molecular formula is C16H17BrF3NOS. The molecule has 0 spiro atoms. The van der Waals surface area contributed by atoms with Crippen molar-refractivity contribution in [3.8, 4) is 6.07 Å². The molecule has 23 heavy (non-hydrogen) atoms. The predicted molar refractivity (Wildman–Crippen MR) is 87.1 cm³/mol. The van der Waals surface area contributed by atoms with Crippen LogP contribution in [0.15, 0.2) is 27.6 Å². The van der Waals surface area contributed by atoms with Crippen molar-refractivity contribution in [3.05, 3.63) is 28.2 Å². The number of thioether (sulfide) groups is 1. The third-order valence-corrected chi connectivity index (χ3v) is 5.44. The molecule has 1 fully saturated rings. The van der Waals surface area contributed by atoms with E-state index in [0.29, 0.717) is 17.3 Å². The quantitative estimate of drug-likeness (QED) is 0.645. The largest absolute Gasteiger partial charge is 0.417 e. The lowest BCUT2D eigenvalue weighted by atomic mass is 10.1. The first-order valence-electron chi connectivity index (χ1n) is 7.29. The molecule has 1 aliphatic rings. The molecule has 0 bridgehead atoms. The summed E-state index contributed by atoms with van der Waals surface area (Å²) in [6.45, 7) is 3.79. The highest BCUT2D eigenvalue weighted by atomic mass is 79.9. The maximum Gasteiger partial charge on any atom is 0.417 e. The minimum Gasteiger partial charge on any atom is -0.374 e. The Balaban J connectivity index is 2.16. The van der Waals surface area contributed by atoms with Crippen LogP contribution in [-0.4, -0.2) is 17.5 Å². The van der Waals surface area contributed by atoms with Crippen molar-refractivity contribution in [2.75, 3.05) is 0 Å². The fraction of sp³-hybridized carbons (Fsp3) is 0.562. The Labute approximate surface area is 146 Å². The van der Waals surface area contributed by atoms with Crippen molar-refractivity contribution in [3.63, 3.8) is 0 Å². The van der Waals surface area contributed by atoms with Gasteiger partial charge >= 0.3 is 6.18 Å². The van der Waals surface area contributed by atoms with Gasteiger partial charge in [0.15, 0.2) is 0 Å². The molecule has 2 nitrogen and oxygen atoms in total. The molecule has 126 valence electrons. The van der Waals surface area contributed by atoms with Gasteiger partial charge in [0.25, 0.3) is 0 Å². The summed E-state index contributed by atoms with van der Waals surface area (Å²) in [5.74, 6) is -0.264. The van der Waals surface area contributed by atoms with Crippen LogP contribution in [0.4, 0.5) is 13.2 Å². The summed E-state index contributed by atoms with van der Waals surface area (Å²) in [7, 11) is 0. The fourth-order valence-electron chi connectivity index (χ4n) is 2.69. The number of rotatable bonds is 4. The van der Waals surface area contributed by atoms with E-state index < -0.39 is 11.7 Å². The van der Waals surface area contributed by atoms with Gasteiger partial charge in [-0.2, -0.15) is 18.4 Å². The zero-order valence-electron chi connectivity index (χ0n) is 12.7. The highest BCUT2D eigenvalue weighted by molar-refractivity contribution is 9.10. The van der Waals surface area contributed by atoms with Crippen molar-refractivity contribution < 1.29 is 17.9 Å². The van der Waals surface area contributed by atoms with E-state index >= 15 is 0 Å². The van der Waals surface area contributed by atoms with Crippen LogP contribution in [0.2, 0.25) is 0 Å². The van der Waals surface area contributed by atoms with Crippen molar-refractivity contribution in [2.24, 2.45) is 5.92 Å². The first-order valence-corrected chi connectivity index (χ1v) is 8.96. The van der Waals surface area contributed by atoms with Crippen molar-refractivity contribution in [1.29, 1.82) is 5.26 Å². The Hall–Kier alpha value is -0.710. The molecule has 1 saturated carbocycles. The lowest BCUT2D eigenvalue weighted by molar-refractivity contribution is -0.139. The number of nitriles is 1. The van der Waals surface area contributed by atoms with Crippen molar-refractivity contribution in [2.45, 2.75) is 55.2 Å². The first-order chi connectivity index (χ1) is 10.7. The minimum atomic E-state index is -4.40. The second kappa shape index (κ2) is 7.45. The van der Waals surface area contributed by atoms with Gasteiger partial charge in [0.05, 0.1) is 29.8 Å². The molecule has 0 radical (unpaired) electrons. The summed E-state index contributed by atoms with van der Waals surface area (Å²) in [5, 5.41) is 9.18. The van der Waals surface area contributed by atoms with E-state index in [2.05, 4.69) is 22.0 Å². The third kappa shape index (κ3) is 4.88. The zero-order valence-corrected chi connectivity index (χ0v) is 15.1. The van der Waals surface area contributed by atoms with Gasteiger partial charge in [0.1, 0.15) is 0 Å². The van der Waals surface area contributed by atoms with E-state index in [1.165, 1.54) is 17.8 Å². The highest BCUT2D eigenvalue weighted by Gasteiger charge is 2.39. The monoisotopic (exact) mass is 407 g/mol.